The van der Waals surface area contributed by atoms with E-state index in [4.69, 9.17) is 0 Å². The summed E-state index contributed by atoms with van der Waals surface area (Å²) in [5, 5.41) is 7.62. The molecule has 0 unspecified atom stereocenters. The molecule has 2 aliphatic rings. The highest BCUT2D eigenvalue weighted by Gasteiger charge is 2.51. The van der Waals surface area contributed by atoms with Gasteiger partial charge in [-0.1, -0.05) is 194 Å². The van der Waals surface area contributed by atoms with Crippen LogP contribution in [0.5, 0.6) is 0 Å². The number of benzene rings is 11. The highest BCUT2D eigenvalue weighted by atomic mass is 15.1. The van der Waals surface area contributed by atoms with Crippen molar-refractivity contribution in [2.24, 2.45) is 0 Å². The Morgan fingerprint density at radius 2 is 0.629 bits per heavy atom. The number of rotatable bonds is 5. The van der Waals surface area contributed by atoms with Gasteiger partial charge in [0.25, 0.3) is 0 Å². The van der Waals surface area contributed by atoms with Gasteiger partial charge in [0.2, 0.25) is 0 Å². The van der Waals surface area contributed by atoms with Gasteiger partial charge >= 0.3 is 0 Å². The average Bonchev–Trinajstić information content (AvgIpc) is 3.82. The maximum absolute atomic E-state index is 2.46. The third-order valence-corrected chi connectivity index (χ3v) is 13.7. The molecule has 0 atom stereocenters. The van der Waals surface area contributed by atoms with Gasteiger partial charge in [-0.3, -0.25) is 0 Å². The lowest BCUT2D eigenvalue weighted by Gasteiger charge is -2.31. The summed E-state index contributed by atoms with van der Waals surface area (Å²) < 4.78 is 0. The van der Waals surface area contributed by atoms with Crippen LogP contribution in [-0.4, -0.2) is 0 Å². The molecule has 0 radical (unpaired) electrons. The van der Waals surface area contributed by atoms with E-state index >= 15 is 0 Å². The number of fused-ring (bicyclic) bond motifs is 16. The van der Waals surface area contributed by atoms with Crippen LogP contribution in [-0.2, 0) is 5.41 Å². The van der Waals surface area contributed by atoms with Crippen LogP contribution in [0.4, 0.5) is 17.1 Å². The summed E-state index contributed by atoms with van der Waals surface area (Å²) in [6.45, 7) is 0. The van der Waals surface area contributed by atoms with Crippen molar-refractivity contribution in [2.75, 3.05) is 4.90 Å². The maximum Gasteiger partial charge on any atom is 0.0725 e. The van der Waals surface area contributed by atoms with E-state index in [1.165, 1.54) is 99.1 Å². The van der Waals surface area contributed by atoms with Crippen LogP contribution in [0.2, 0.25) is 0 Å². The zero-order valence-electron chi connectivity index (χ0n) is 34.0. The van der Waals surface area contributed by atoms with Crippen LogP contribution in [0.25, 0.3) is 76.8 Å². The van der Waals surface area contributed by atoms with Crippen molar-refractivity contribution in [1.82, 2.24) is 0 Å². The fraction of sp³-hybridized carbons (Fsp3) is 0.0164. The van der Waals surface area contributed by atoms with Gasteiger partial charge < -0.3 is 4.90 Å². The second-order valence-corrected chi connectivity index (χ2v) is 16.8. The summed E-state index contributed by atoms with van der Waals surface area (Å²) in [5.41, 5.74) is 18.4. The van der Waals surface area contributed by atoms with E-state index in [1.807, 2.05) is 0 Å². The predicted molar refractivity (Wildman–Crippen MR) is 261 cm³/mol. The summed E-state index contributed by atoms with van der Waals surface area (Å²) in [6, 6.07) is 87.8. The maximum atomic E-state index is 2.46. The molecule has 0 saturated heterocycles. The standard InChI is InChI=1S/C61H39N/c1-2-15-40(16-3-1)42-17-14-18-43(37-42)41-29-31-44(32-30-41)62(45-33-35-51-49-21-5-4-19-47(49)48-20-6-7-22-50(48)55(51)38-45)46-34-36-60-56(39-46)54-25-10-13-28-59(54)61(60)57-26-11-8-23-52(57)53-24-9-12-27-58(53)61/h1-39H. The van der Waals surface area contributed by atoms with Crippen LogP contribution in [0.3, 0.4) is 0 Å². The van der Waals surface area contributed by atoms with Gasteiger partial charge in [-0.05, 0) is 142 Å². The number of anilines is 3. The molecule has 11 aromatic carbocycles. The highest BCUT2D eigenvalue weighted by molar-refractivity contribution is 6.25. The number of hydrogen-bond acceptors (Lipinski definition) is 1. The summed E-state index contributed by atoms with van der Waals surface area (Å²) >= 11 is 0. The lowest BCUT2D eigenvalue weighted by atomic mass is 9.70. The molecule has 62 heavy (non-hydrogen) atoms. The Balaban J connectivity index is 1.02. The molecule has 0 amide bonds. The Bertz CT molecular complexity index is 3500. The normalized spacial score (nSPS) is 13.0. The largest absolute Gasteiger partial charge is 0.310 e. The van der Waals surface area contributed by atoms with Crippen LogP contribution in [0, 0.1) is 0 Å². The molecular weight excluding hydrogens is 747 g/mol. The van der Waals surface area contributed by atoms with Crippen molar-refractivity contribution < 1.29 is 0 Å². The van der Waals surface area contributed by atoms with E-state index in [-0.39, 0.29) is 5.41 Å². The minimum Gasteiger partial charge on any atom is -0.310 e. The smallest absolute Gasteiger partial charge is 0.0725 e. The van der Waals surface area contributed by atoms with E-state index in [1.54, 1.807) is 0 Å². The van der Waals surface area contributed by atoms with Crippen molar-refractivity contribution >= 4 is 49.4 Å². The number of nitrogens with zero attached hydrogens (tertiary/aromatic N) is 1. The first-order valence-corrected chi connectivity index (χ1v) is 21.6. The molecule has 0 saturated carbocycles. The Kier molecular flexibility index (Phi) is 7.59. The van der Waals surface area contributed by atoms with Gasteiger partial charge in [0.15, 0.2) is 0 Å². The zero-order valence-corrected chi connectivity index (χ0v) is 34.0. The minimum atomic E-state index is -0.388. The predicted octanol–water partition coefficient (Wildman–Crippen LogP) is 16.3. The van der Waals surface area contributed by atoms with Gasteiger partial charge in [0, 0.05) is 17.1 Å². The molecule has 1 spiro atoms. The topological polar surface area (TPSA) is 3.24 Å². The van der Waals surface area contributed by atoms with E-state index in [9.17, 15) is 0 Å². The zero-order chi connectivity index (χ0) is 40.8. The van der Waals surface area contributed by atoms with E-state index in [0.29, 0.717) is 0 Å². The quantitative estimate of drug-likeness (QED) is 0.157. The molecule has 0 heterocycles. The molecule has 2 aliphatic carbocycles. The molecule has 288 valence electrons. The lowest BCUT2D eigenvalue weighted by Crippen LogP contribution is -2.25. The van der Waals surface area contributed by atoms with Gasteiger partial charge in [-0.25, -0.2) is 0 Å². The first-order valence-electron chi connectivity index (χ1n) is 21.6. The van der Waals surface area contributed by atoms with Crippen LogP contribution >= 0.6 is 0 Å². The molecule has 11 aromatic rings. The fourth-order valence-corrected chi connectivity index (χ4v) is 11.0. The monoisotopic (exact) mass is 785 g/mol. The molecule has 0 fully saturated rings. The molecular formula is C61H39N. The Labute approximate surface area is 361 Å². The van der Waals surface area contributed by atoms with Gasteiger partial charge in [0.05, 0.1) is 5.41 Å². The second kappa shape index (κ2) is 13.5. The summed E-state index contributed by atoms with van der Waals surface area (Å²) in [7, 11) is 0. The Morgan fingerprint density at radius 3 is 1.23 bits per heavy atom. The summed E-state index contributed by atoms with van der Waals surface area (Å²) in [4.78, 5) is 2.46. The first-order chi connectivity index (χ1) is 30.8. The van der Waals surface area contributed by atoms with Crippen molar-refractivity contribution in [3.05, 3.63) is 259 Å². The van der Waals surface area contributed by atoms with Crippen molar-refractivity contribution in [3.63, 3.8) is 0 Å². The average molecular weight is 786 g/mol. The Morgan fingerprint density at radius 1 is 0.226 bits per heavy atom. The second-order valence-electron chi connectivity index (χ2n) is 16.8. The molecule has 1 nitrogen and oxygen atoms in total. The van der Waals surface area contributed by atoms with Crippen molar-refractivity contribution in [3.8, 4) is 44.5 Å². The molecule has 0 N–H and O–H groups in total. The molecule has 0 aliphatic heterocycles. The lowest BCUT2D eigenvalue weighted by molar-refractivity contribution is 0.794. The molecule has 0 aromatic heterocycles. The molecule has 13 rings (SSSR count). The summed E-state index contributed by atoms with van der Waals surface area (Å²) in [6.07, 6.45) is 0. The van der Waals surface area contributed by atoms with Crippen molar-refractivity contribution in [2.45, 2.75) is 5.41 Å². The van der Waals surface area contributed by atoms with Gasteiger partial charge in [-0.2, -0.15) is 0 Å². The van der Waals surface area contributed by atoms with Crippen molar-refractivity contribution in [1.29, 1.82) is 0 Å². The van der Waals surface area contributed by atoms with E-state index < -0.39 is 0 Å². The van der Waals surface area contributed by atoms with Gasteiger partial charge in [-0.15, -0.1) is 0 Å². The van der Waals surface area contributed by atoms with Crippen LogP contribution < -0.4 is 4.90 Å². The van der Waals surface area contributed by atoms with Gasteiger partial charge in [0.1, 0.15) is 0 Å². The van der Waals surface area contributed by atoms with Crippen LogP contribution in [0.15, 0.2) is 237 Å². The number of hydrogen-bond donors (Lipinski definition) is 0. The third-order valence-electron chi connectivity index (χ3n) is 13.7. The van der Waals surface area contributed by atoms with E-state index in [0.717, 1.165) is 17.1 Å². The fourth-order valence-electron chi connectivity index (χ4n) is 11.0. The SMILES string of the molecule is c1ccc(-c2cccc(-c3ccc(N(c4ccc5c(c4)-c4ccccc4C54c5ccccc5-c5ccccc54)c4ccc5c6ccccc6c6ccccc6c5c4)cc3)c2)cc1. The third kappa shape index (κ3) is 4.97. The summed E-state index contributed by atoms with van der Waals surface area (Å²) in [5.74, 6) is 0. The molecule has 1 heteroatoms. The first kappa shape index (κ1) is 34.8. The van der Waals surface area contributed by atoms with E-state index in [2.05, 4.69) is 241 Å². The highest BCUT2D eigenvalue weighted by Crippen LogP contribution is 2.63. The minimum absolute atomic E-state index is 0.388. The molecule has 0 bridgehead atoms. The Hall–Kier alpha value is -8.00. The van der Waals surface area contributed by atoms with Crippen LogP contribution in [0.1, 0.15) is 22.3 Å².